The van der Waals surface area contributed by atoms with Crippen LogP contribution in [-0.2, 0) is 0 Å². The summed E-state index contributed by atoms with van der Waals surface area (Å²) in [4.78, 5) is 9.70. The van der Waals surface area contributed by atoms with Gasteiger partial charge in [-0.2, -0.15) is 5.10 Å². The Kier molecular flexibility index (Phi) is 5.68. The first-order chi connectivity index (χ1) is 14.5. The number of nitrogens with zero attached hydrogens (tertiary/aromatic N) is 4. The lowest BCUT2D eigenvalue weighted by Gasteiger charge is -2.07. The van der Waals surface area contributed by atoms with Gasteiger partial charge in [-0.3, -0.25) is 4.98 Å². The predicted octanol–water partition coefficient (Wildman–Crippen LogP) is 5.87. The van der Waals surface area contributed by atoms with E-state index in [9.17, 15) is 4.39 Å². The van der Waals surface area contributed by atoms with Gasteiger partial charge in [0.25, 0.3) is 0 Å². The summed E-state index contributed by atoms with van der Waals surface area (Å²) in [5, 5.41) is 6.69. The zero-order chi connectivity index (χ0) is 21.1. The van der Waals surface area contributed by atoms with Crippen LogP contribution >= 0.6 is 11.3 Å². The Morgan fingerprint density at radius 3 is 2.67 bits per heavy atom. The SMILES string of the molecule is CC(=Nn1c(-c2ccccc2F)csc1=Nc1cc(C)ccc1C)c1cccnc1. The second-order valence-corrected chi connectivity index (χ2v) is 7.86. The van der Waals surface area contributed by atoms with Gasteiger partial charge in [0.05, 0.1) is 17.1 Å². The first kappa shape index (κ1) is 19.9. The second kappa shape index (κ2) is 8.55. The molecule has 0 bridgehead atoms. The number of hydrogen-bond acceptors (Lipinski definition) is 4. The summed E-state index contributed by atoms with van der Waals surface area (Å²) in [7, 11) is 0. The number of hydrogen-bond donors (Lipinski definition) is 0. The molecule has 0 atom stereocenters. The smallest absolute Gasteiger partial charge is 0.211 e. The fourth-order valence-electron chi connectivity index (χ4n) is 3.06. The zero-order valence-electron chi connectivity index (χ0n) is 17.0. The molecular weight excluding hydrogens is 395 g/mol. The van der Waals surface area contributed by atoms with E-state index in [4.69, 9.17) is 10.1 Å². The number of rotatable bonds is 4. The van der Waals surface area contributed by atoms with Crippen LogP contribution in [0, 0.1) is 19.7 Å². The predicted molar refractivity (Wildman–Crippen MR) is 121 cm³/mol. The summed E-state index contributed by atoms with van der Waals surface area (Å²) >= 11 is 1.43. The van der Waals surface area contributed by atoms with Crippen LogP contribution < -0.4 is 4.80 Å². The third-order valence-electron chi connectivity index (χ3n) is 4.75. The van der Waals surface area contributed by atoms with E-state index in [0.717, 1.165) is 28.1 Å². The summed E-state index contributed by atoms with van der Waals surface area (Å²) in [5.74, 6) is -0.295. The van der Waals surface area contributed by atoms with Crippen molar-refractivity contribution in [2.75, 3.05) is 0 Å². The first-order valence-electron chi connectivity index (χ1n) is 9.56. The van der Waals surface area contributed by atoms with Gasteiger partial charge in [-0.1, -0.05) is 30.3 Å². The van der Waals surface area contributed by atoms with Crippen molar-refractivity contribution in [1.82, 2.24) is 9.66 Å². The third-order valence-corrected chi connectivity index (χ3v) is 5.56. The molecule has 0 aliphatic carbocycles. The minimum Gasteiger partial charge on any atom is -0.264 e. The van der Waals surface area contributed by atoms with E-state index < -0.39 is 0 Å². The van der Waals surface area contributed by atoms with Gasteiger partial charge in [-0.15, -0.1) is 11.3 Å². The minimum atomic E-state index is -0.295. The molecule has 0 amide bonds. The molecule has 2 aromatic carbocycles. The van der Waals surface area contributed by atoms with E-state index in [1.165, 1.54) is 17.4 Å². The molecule has 0 fully saturated rings. The highest BCUT2D eigenvalue weighted by molar-refractivity contribution is 7.07. The fraction of sp³-hybridized carbons (Fsp3) is 0.125. The molecule has 0 saturated carbocycles. The lowest BCUT2D eigenvalue weighted by molar-refractivity contribution is 0.629. The molecule has 2 aromatic heterocycles. The van der Waals surface area contributed by atoms with Crippen molar-refractivity contribution in [3.8, 4) is 11.3 Å². The van der Waals surface area contributed by atoms with Crippen LogP contribution in [0.3, 0.4) is 0 Å². The monoisotopic (exact) mass is 416 g/mol. The van der Waals surface area contributed by atoms with Gasteiger partial charge < -0.3 is 0 Å². The molecule has 4 aromatic rings. The molecule has 0 aliphatic rings. The molecule has 4 rings (SSSR count). The van der Waals surface area contributed by atoms with Crippen molar-refractivity contribution in [3.05, 3.63) is 99.7 Å². The summed E-state index contributed by atoms with van der Waals surface area (Å²) in [6, 6.07) is 16.7. The average Bonchev–Trinajstić information content (AvgIpc) is 3.13. The molecule has 0 unspecified atom stereocenters. The second-order valence-electron chi connectivity index (χ2n) is 7.02. The number of thiazole rings is 1. The Bertz CT molecular complexity index is 1290. The van der Waals surface area contributed by atoms with Crippen LogP contribution in [0.2, 0.25) is 0 Å². The molecule has 6 heteroatoms. The molecule has 4 nitrogen and oxygen atoms in total. The minimum absolute atomic E-state index is 0.295. The highest BCUT2D eigenvalue weighted by Crippen LogP contribution is 2.25. The fourth-order valence-corrected chi connectivity index (χ4v) is 3.89. The third kappa shape index (κ3) is 4.14. The van der Waals surface area contributed by atoms with Crippen molar-refractivity contribution in [1.29, 1.82) is 0 Å². The Balaban J connectivity index is 1.95. The molecule has 150 valence electrons. The van der Waals surface area contributed by atoms with Gasteiger partial charge >= 0.3 is 0 Å². The lowest BCUT2D eigenvalue weighted by Crippen LogP contribution is -2.14. The number of halogens is 1. The van der Waals surface area contributed by atoms with Crippen molar-refractivity contribution in [2.24, 2.45) is 10.1 Å². The van der Waals surface area contributed by atoms with Crippen molar-refractivity contribution < 1.29 is 4.39 Å². The van der Waals surface area contributed by atoms with Crippen molar-refractivity contribution in [3.63, 3.8) is 0 Å². The quantitative estimate of drug-likeness (QED) is 0.384. The summed E-state index contributed by atoms with van der Waals surface area (Å²) < 4.78 is 16.3. The molecule has 0 radical (unpaired) electrons. The molecule has 0 aliphatic heterocycles. The Labute approximate surface area is 178 Å². The van der Waals surface area contributed by atoms with Crippen LogP contribution in [0.5, 0.6) is 0 Å². The van der Waals surface area contributed by atoms with Gasteiger partial charge in [-0.05, 0) is 56.2 Å². The zero-order valence-corrected chi connectivity index (χ0v) is 17.8. The maximum Gasteiger partial charge on any atom is 0.211 e. The topological polar surface area (TPSA) is 42.5 Å². The molecule has 0 spiro atoms. The molecule has 0 N–H and O–H groups in total. The van der Waals surface area contributed by atoms with Crippen LogP contribution in [0.15, 0.2) is 82.5 Å². The number of aryl methyl sites for hydroxylation is 2. The van der Waals surface area contributed by atoms with E-state index in [0.29, 0.717) is 16.1 Å². The number of benzene rings is 2. The largest absolute Gasteiger partial charge is 0.264 e. The van der Waals surface area contributed by atoms with Crippen LogP contribution in [-0.4, -0.2) is 15.4 Å². The van der Waals surface area contributed by atoms with E-state index in [1.807, 2.05) is 56.5 Å². The van der Waals surface area contributed by atoms with Gasteiger partial charge in [0.2, 0.25) is 4.80 Å². The summed E-state index contributed by atoms with van der Waals surface area (Å²) in [5.41, 5.74) is 5.88. The van der Waals surface area contributed by atoms with Gasteiger partial charge in [0.15, 0.2) is 0 Å². The van der Waals surface area contributed by atoms with E-state index in [2.05, 4.69) is 11.1 Å². The normalized spacial score (nSPS) is 12.4. The van der Waals surface area contributed by atoms with E-state index >= 15 is 0 Å². The molecule has 0 saturated heterocycles. The maximum absolute atomic E-state index is 14.6. The van der Waals surface area contributed by atoms with Crippen LogP contribution in [0.1, 0.15) is 23.6 Å². The highest BCUT2D eigenvalue weighted by atomic mass is 32.1. The highest BCUT2D eigenvalue weighted by Gasteiger charge is 2.13. The average molecular weight is 417 g/mol. The summed E-state index contributed by atoms with van der Waals surface area (Å²) in [6.45, 7) is 5.98. The Morgan fingerprint density at radius 1 is 1.07 bits per heavy atom. The van der Waals surface area contributed by atoms with E-state index in [-0.39, 0.29) is 5.82 Å². The lowest BCUT2D eigenvalue weighted by atomic mass is 10.1. The van der Waals surface area contributed by atoms with E-state index in [1.54, 1.807) is 29.2 Å². The van der Waals surface area contributed by atoms with Gasteiger partial charge in [-0.25, -0.2) is 14.1 Å². The molecular formula is C24H21FN4S. The van der Waals surface area contributed by atoms with Crippen molar-refractivity contribution in [2.45, 2.75) is 20.8 Å². The number of aromatic nitrogens is 2. The summed E-state index contributed by atoms with van der Waals surface area (Å²) in [6.07, 6.45) is 3.48. The van der Waals surface area contributed by atoms with Gasteiger partial charge in [0.1, 0.15) is 5.82 Å². The first-order valence-corrected chi connectivity index (χ1v) is 10.4. The maximum atomic E-state index is 14.6. The van der Waals surface area contributed by atoms with Crippen LogP contribution in [0.25, 0.3) is 11.3 Å². The number of pyridine rings is 1. The molecule has 2 heterocycles. The van der Waals surface area contributed by atoms with Gasteiger partial charge in [0, 0.05) is 28.9 Å². The Hall–Kier alpha value is -3.38. The standard InChI is InChI=1S/C24H21FN4S/c1-16-10-11-17(2)22(13-16)27-24-29(28-18(3)19-7-6-12-26-14-19)23(15-30-24)20-8-4-5-9-21(20)25/h4-15H,1-3H3. The Morgan fingerprint density at radius 2 is 1.90 bits per heavy atom. The van der Waals surface area contributed by atoms with Crippen molar-refractivity contribution >= 4 is 22.7 Å². The van der Waals surface area contributed by atoms with Crippen LogP contribution in [0.4, 0.5) is 10.1 Å². The molecule has 30 heavy (non-hydrogen) atoms.